The van der Waals surface area contributed by atoms with Gasteiger partial charge in [-0.1, -0.05) is 54.6 Å². The molecule has 0 heterocycles. The van der Waals surface area contributed by atoms with E-state index in [4.69, 9.17) is 0 Å². The molecule has 0 unspecified atom stereocenters. The first-order valence-electron chi connectivity index (χ1n) is 7.50. The van der Waals surface area contributed by atoms with Gasteiger partial charge in [0.05, 0.1) is 0 Å². The first-order valence-corrected chi connectivity index (χ1v) is 7.50. The van der Waals surface area contributed by atoms with E-state index >= 15 is 0 Å². The molecular formula is C21H15FO2. The van der Waals surface area contributed by atoms with Crippen LogP contribution in [0.1, 0.15) is 15.9 Å². The molecule has 3 rings (SSSR count). The van der Waals surface area contributed by atoms with E-state index in [2.05, 4.69) is 0 Å². The van der Waals surface area contributed by atoms with Crippen molar-refractivity contribution in [3.05, 3.63) is 95.8 Å². The summed E-state index contributed by atoms with van der Waals surface area (Å²) in [6.45, 7) is 0. The second kappa shape index (κ2) is 6.92. The Hall–Kier alpha value is -3.20. The van der Waals surface area contributed by atoms with E-state index in [0.29, 0.717) is 16.7 Å². The van der Waals surface area contributed by atoms with Crippen LogP contribution in [0.25, 0.3) is 17.2 Å². The SMILES string of the molecule is O=C(/C=C/c1cccc(O)c1)c1ccccc1-c1cccc(F)c1. The van der Waals surface area contributed by atoms with Crippen molar-refractivity contribution in [1.82, 2.24) is 0 Å². The summed E-state index contributed by atoms with van der Waals surface area (Å²) >= 11 is 0. The zero-order valence-electron chi connectivity index (χ0n) is 12.8. The summed E-state index contributed by atoms with van der Waals surface area (Å²) in [5.74, 6) is -0.381. The number of ketones is 1. The molecule has 1 N–H and O–H groups in total. The number of hydrogen-bond donors (Lipinski definition) is 1. The molecule has 0 aliphatic heterocycles. The van der Waals surface area contributed by atoms with Gasteiger partial charge in [0.1, 0.15) is 11.6 Å². The highest BCUT2D eigenvalue weighted by Crippen LogP contribution is 2.25. The van der Waals surface area contributed by atoms with Gasteiger partial charge in [-0.3, -0.25) is 4.79 Å². The fourth-order valence-corrected chi connectivity index (χ4v) is 2.50. The Bertz CT molecular complexity index is 913. The molecule has 0 aromatic heterocycles. The third-order valence-corrected chi connectivity index (χ3v) is 3.63. The molecule has 3 aromatic rings. The van der Waals surface area contributed by atoms with Gasteiger partial charge in [-0.15, -0.1) is 0 Å². The normalized spacial score (nSPS) is 10.9. The van der Waals surface area contributed by atoms with E-state index in [1.165, 1.54) is 18.2 Å². The minimum absolute atomic E-state index is 0.143. The Morgan fingerprint density at radius 1 is 0.917 bits per heavy atom. The lowest BCUT2D eigenvalue weighted by atomic mass is 9.96. The van der Waals surface area contributed by atoms with Gasteiger partial charge >= 0.3 is 0 Å². The maximum Gasteiger partial charge on any atom is 0.186 e. The minimum Gasteiger partial charge on any atom is -0.508 e. The van der Waals surface area contributed by atoms with Crippen molar-refractivity contribution in [2.75, 3.05) is 0 Å². The van der Waals surface area contributed by atoms with Gasteiger partial charge in [-0.2, -0.15) is 0 Å². The highest BCUT2D eigenvalue weighted by Gasteiger charge is 2.10. The van der Waals surface area contributed by atoms with Crippen LogP contribution in [-0.4, -0.2) is 10.9 Å². The second-order valence-electron chi connectivity index (χ2n) is 5.35. The number of carbonyl (C=O) groups is 1. The van der Waals surface area contributed by atoms with Crippen LogP contribution in [0, 0.1) is 5.82 Å². The molecule has 0 atom stereocenters. The molecule has 0 aliphatic carbocycles. The van der Waals surface area contributed by atoms with Crippen molar-refractivity contribution >= 4 is 11.9 Å². The lowest BCUT2D eigenvalue weighted by molar-refractivity contribution is 0.104. The van der Waals surface area contributed by atoms with Gasteiger partial charge in [0.15, 0.2) is 5.78 Å². The average molecular weight is 318 g/mol. The molecule has 0 fully saturated rings. The van der Waals surface area contributed by atoms with Gasteiger partial charge < -0.3 is 5.11 Å². The zero-order valence-corrected chi connectivity index (χ0v) is 12.8. The topological polar surface area (TPSA) is 37.3 Å². The number of halogens is 1. The lowest BCUT2D eigenvalue weighted by Crippen LogP contribution is -1.97. The zero-order chi connectivity index (χ0) is 16.9. The Morgan fingerprint density at radius 3 is 2.50 bits per heavy atom. The quantitative estimate of drug-likeness (QED) is 0.537. The van der Waals surface area contributed by atoms with Crippen LogP contribution in [0.15, 0.2) is 78.9 Å². The van der Waals surface area contributed by atoms with Gasteiger partial charge in [0.2, 0.25) is 0 Å². The first kappa shape index (κ1) is 15.7. The van der Waals surface area contributed by atoms with Crippen LogP contribution in [0.4, 0.5) is 4.39 Å². The number of aromatic hydroxyl groups is 1. The van der Waals surface area contributed by atoms with Crippen molar-refractivity contribution in [1.29, 1.82) is 0 Å². The molecule has 0 amide bonds. The van der Waals surface area contributed by atoms with E-state index in [0.717, 1.165) is 5.56 Å². The molecule has 0 saturated carbocycles. The Balaban J connectivity index is 1.93. The summed E-state index contributed by atoms with van der Waals surface area (Å²) in [5, 5.41) is 9.46. The maximum atomic E-state index is 13.5. The second-order valence-corrected chi connectivity index (χ2v) is 5.35. The largest absolute Gasteiger partial charge is 0.508 e. The predicted molar refractivity (Wildman–Crippen MR) is 93.3 cm³/mol. The number of phenolic OH excluding ortho intramolecular Hbond substituents is 1. The third kappa shape index (κ3) is 3.58. The van der Waals surface area contributed by atoms with Crippen LogP contribution in [0.3, 0.4) is 0 Å². The molecule has 118 valence electrons. The fraction of sp³-hybridized carbons (Fsp3) is 0. The summed E-state index contributed by atoms with van der Waals surface area (Å²) in [5.41, 5.74) is 2.57. The van der Waals surface area contributed by atoms with Crippen LogP contribution >= 0.6 is 0 Å². The number of carbonyl (C=O) groups excluding carboxylic acids is 1. The molecule has 2 nitrogen and oxygen atoms in total. The molecule has 0 aliphatic rings. The highest BCUT2D eigenvalue weighted by atomic mass is 19.1. The summed E-state index contributed by atoms with van der Waals surface area (Å²) in [6, 6.07) is 19.9. The van der Waals surface area contributed by atoms with Gasteiger partial charge in [-0.05, 0) is 47.0 Å². The fourth-order valence-electron chi connectivity index (χ4n) is 2.50. The van der Waals surface area contributed by atoms with Crippen LogP contribution < -0.4 is 0 Å². The molecular weight excluding hydrogens is 303 g/mol. The highest BCUT2D eigenvalue weighted by molar-refractivity contribution is 6.10. The summed E-state index contributed by atoms with van der Waals surface area (Å²) in [4.78, 5) is 12.5. The minimum atomic E-state index is -0.343. The number of benzene rings is 3. The Kier molecular flexibility index (Phi) is 4.52. The van der Waals surface area contributed by atoms with Gasteiger partial charge in [-0.25, -0.2) is 4.39 Å². The number of phenols is 1. The maximum absolute atomic E-state index is 13.5. The van der Waals surface area contributed by atoms with Crippen molar-refractivity contribution < 1.29 is 14.3 Å². The van der Waals surface area contributed by atoms with E-state index in [9.17, 15) is 14.3 Å². The molecule has 24 heavy (non-hydrogen) atoms. The molecule has 0 radical (unpaired) electrons. The van der Waals surface area contributed by atoms with Crippen LogP contribution in [-0.2, 0) is 0 Å². The standard InChI is InChI=1S/C21H15FO2/c22-17-7-4-6-16(14-17)19-9-1-2-10-20(19)21(24)12-11-15-5-3-8-18(23)13-15/h1-14,23H/b12-11+. The Labute approximate surface area is 139 Å². The smallest absolute Gasteiger partial charge is 0.186 e. The van der Waals surface area contributed by atoms with Crippen molar-refractivity contribution in [2.45, 2.75) is 0 Å². The molecule has 3 aromatic carbocycles. The monoisotopic (exact) mass is 318 g/mol. The molecule has 0 saturated heterocycles. The number of rotatable bonds is 4. The van der Waals surface area contributed by atoms with E-state index in [-0.39, 0.29) is 17.3 Å². The number of hydrogen-bond acceptors (Lipinski definition) is 2. The van der Waals surface area contributed by atoms with Crippen LogP contribution in [0.2, 0.25) is 0 Å². The Morgan fingerprint density at radius 2 is 1.71 bits per heavy atom. The van der Waals surface area contributed by atoms with Crippen molar-refractivity contribution in [2.24, 2.45) is 0 Å². The first-order chi connectivity index (χ1) is 11.6. The summed E-state index contributed by atoms with van der Waals surface area (Å²) < 4.78 is 13.5. The van der Waals surface area contributed by atoms with Gasteiger partial charge in [0, 0.05) is 5.56 Å². The van der Waals surface area contributed by atoms with E-state index in [1.54, 1.807) is 60.7 Å². The summed E-state index contributed by atoms with van der Waals surface area (Å²) in [7, 11) is 0. The van der Waals surface area contributed by atoms with E-state index < -0.39 is 0 Å². The predicted octanol–water partition coefficient (Wildman–Crippen LogP) is 5.09. The lowest BCUT2D eigenvalue weighted by Gasteiger charge is -2.07. The van der Waals surface area contributed by atoms with Crippen molar-refractivity contribution in [3.8, 4) is 16.9 Å². The molecule has 3 heteroatoms. The molecule has 0 bridgehead atoms. The van der Waals surface area contributed by atoms with Crippen LogP contribution in [0.5, 0.6) is 5.75 Å². The number of allylic oxidation sites excluding steroid dienone is 1. The van der Waals surface area contributed by atoms with Gasteiger partial charge in [0.25, 0.3) is 0 Å². The third-order valence-electron chi connectivity index (χ3n) is 3.63. The average Bonchev–Trinajstić information content (AvgIpc) is 2.60. The molecule has 0 spiro atoms. The van der Waals surface area contributed by atoms with E-state index in [1.807, 2.05) is 6.07 Å². The summed E-state index contributed by atoms with van der Waals surface area (Å²) in [6.07, 6.45) is 3.09. The van der Waals surface area contributed by atoms with Crippen molar-refractivity contribution in [3.63, 3.8) is 0 Å².